The smallest absolute Gasteiger partial charge is 0.339 e. The molecule has 0 spiro atoms. The lowest BCUT2D eigenvalue weighted by Gasteiger charge is -2.21. The van der Waals surface area contributed by atoms with E-state index >= 15 is 0 Å². The average Bonchev–Trinajstić information content (AvgIpc) is 2.47. The van der Waals surface area contributed by atoms with Crippen LogP contribution in [-0.4, -0.2) is 29.3 Å². The Labute approximate surface area is 109 Å². The van der Waals surface area contributed by atoms with Gasteiger partial charge in [0.2, 0.25) is 0 Å². The summed E-state index contributed by atoms with van der Waals surface area (Å²) >= 11 is 0. The number of rotatable bonds is 2. The number of ether oxygens (including phenoxy) is 2. The zero-order valence-corrected chi connectivity index (χ0v) is 10.00. The van der Waals surface area contributed by atoms with E-state index in [1.807, 2.05) is 12.1 Å². The quantitative estimate of drug-likeness (QED) is 0.893. The minimum absolute atomic E-state index is 0.115. The summed E-state index contributed by atoms with van der Waals surface area (Å²) in [5.41, 5.74) is 1.77. The van der Waals surface area contributed by atoms with Crippen LogP contribution >= 0.6 is 0 Å². The summed E-state index contributed by atoms with van der Waals surface area (Å²) in [6.45, 7) is 0.785. The molecule has 5 nitrogen and oxygen atoms in total. The average molecular weight is 257 g/mol. The minimum atomic E-state index is -1.03. The van der Waals surface area contributed by atoms with Crippen molar-refractivity contribution in [2.24, 2.45) is 0 Å². The largest absolute Gasteiger partial charge is 0.486 e. The van der Waals surface area contributed by atoms with Gasteiger partial charge in [0.05, 0.1) is 0 Å². The number of carboxylic acids is 1. The monoisotopic (exact) mass is 257 g/mol. The standard InChI is InChI=1S/C14H11NO4/c16-14(17)11-7-10(9-1-3-15-4-2-9)8-12-13(11)19-6-5-18-12/h1-4,7-8H,5-6H2,(H,16,17). The van der Waals surface area contributed by atoms with Crippen molar-refractivity contribution in [3.05, 3.63) is 42.2 Å². The van der Waals surface area contributed by atoms with Gasteiger partial charge in [0.1, 0.15) is 18.8 Å². The van der Waals surface area contributed by atoms with Crippen LogP contribution < -0.4 is 9.47 Å². The number of benzene rings is 1. The van der Waals surface area contributed by atoms with Crippen LogP contribution in [0.15, 0.2) is 36.7 Å². The summed E-state index contributed by atoms with van der Waals surface area (Å²) in [4.78, 5) is 15.3. The lowest BCUT2D eigenvalue weighted by atomic mass is 10.0. The number of carbonyl (C=O) groups is 1. The molecule has 1 aliphatic heterocycles. The number of aromatic carboxylic acids is 1. The van der Waals surface area contributed by atoms with E-state index in [1.165, 1.54) is 0 Å². The summed E-state index contributed by atoms with van der Waals surface area (Å²) in [6, 6.07) is 7.01. The Morgan fingerprint density at radius 3 is 2.58 bits per heavy atom. The van der Waals surface area contributed by atoms with Crippen molar-refractivity contribution in [2.75, 3.05) is 13.2 Å². The number of hydrogen-bond donors (Lipinski definition) is 1. The van der Waals surface area contributed by atoms with Crippen molar-refractivity contribution in [2.45, 2.75) is 0 Å². The molecule has 0 fully saturated rings. The molecule has 0 aliphatic carbocycles. The predicted molar refractivity (Wildman–Crippen MR) is 67.6 cm³/mol. The SMILES string of the molecule is O=C(O)c1cc(-c2ccncc2)cc2c1OCCO2. The highest BCUT2D eigenvalue weighted by atomic mass is 16.6. The molecule has 2 aromatic rings. The highest BCUT2D eigenvalue weighted by Gasteiger charge is 2.22. The lowest BCUT2D eigenvalue weighted by molar-refractivity contribution is 0.0686. The molecule has 19 heavy (non-hydrogen) atoms. The molecule has 0 amide bonds. The maximum atomic E-state index is 11.3. The van der Waals surface area contributed by atoms with E-state index in [9.17, 15) is 9.90 Å². The normalized spacial score (nSPS) is 13.1. The fourth-order valence-electron chi connectivity index (χ4n) is 2.02. The maximum absolute atomic E-state index is 11.3. The fraction of sp³-hybridized carbons (Fsp3) is 0.143. The molecule has 1 aromatic carbocycles. The van der Waals surface area contributed by atoms with Crippen LogP contribution in [0.25, 0.3) is 11.1 Å². The summed E-state index contributed by atoms with van der Waals surface area (Å²) < 4.78 is 10.9. The highest BCUT2D eigenvalue weighted by molar-refractivity contribution is 5.94. The third-order valence-corrected chi connectivity index (χ3v) is 2.89. The van der Waals surface area contributed by atoms with Crippen LogP contribution in [0, 0.1) is 0 Å². The Morgan fingerprint density at radius 2 is 1.84 bits per heavy atom. The van der Waals surface area contributed by atoms with E-state index in [4.69, 9.17) is 9.47 Å². The first-order chi connectivity index (χ1) is 9.25. The molecular formula is C14H11NO4. The van der Waals surface area contributed by atoms with Crippen LogP contribution in [0.5, 0.6) is 11.5 Å². The molecule has 5 heteroatoms. The van der Waals surface area contributed by atoms with Gasteiger partial charge < -0.3 is 14.6 Å². The van der Waals surface area contributed by atoms with Gasteiger partial charge in [-0.3, -0.25) is 4.98 Å². The van der Waals surface area contributed by atoms with Crippen molar-refractivity contribution in [3.63, 3.8) is 0 Å². The number of fused-ring (bicyclic) bond motifs is 1. The molecule has 0 radical (unpaired) electrons. The van der Waals surface area contributed by atoms with Crippen molar-refractivity contribution >= 4 is 5.97 Å². The van der Waals surface area contributed by atoms with Gasteiger partial charge >= 0.3 is 5.97 Å². The van der Waals surface area contributed by atoms with E-state index in [2.05, 4.69) is 4.98 Å². The molecular weight excluding hydrogens is 246 g/mol. The molecule has 2 heterocycles. The predicted octanol–water partition coefficient (Wildman–Crippen LogP) is 2.22. The van der Waals surface area contributed by atoms with Crippen molar-refractivity contribution in [1.82, 2.24) is 4.98 Å². The molecule has 0 bridgehead atoms. The Morgan fingerprint density at radius 1 is 1.11 bits per heavy atom. The second-order valence-electron chi connectivity index (χ2n) is 4.09. The number of carboxylic acid groups (broad SMARTS) is 1. The van der Waals surface area contributed by atoms with Crippen LogP contribution in [0.1, 0.15) is 10.4 Å². The first-order valence-electron chi connectivity index (χ1n) is 5.83. The molecule has 96 valence electrons. The molecule has 0 saturated carbocycles. The Balaban J connectivity index is 2.17. The summed E-state index contributed by atoms with van der Waals surface area (Å²) in [5, 5.41) is 9.26. The number of pyridine rings is 1. The van der Waals surface area contributed by atoms with Gasteiger partial charge in [-0.2, -0.15) is 0 Å². The van der Waals surface area contributed by atoms with Crippen LogP contribution in [-0.2, 0) is 0 Å². The molecule has 1 aromatic heterocycles. The second kappa shape index (κ2) is 4.61. The molecule has 0 saturated heterocycles. The number of aromatic nitrogens is 1. The molecule has 1 aliphatic rings. The Hall–Kier alpha value is -2.56. The molecule has 3 rings (SSSR count). The van der Waals surface area contributed by atoms with Gasteiger partial charge in [-0.05, 0) is 35.4 Å². The molecule has 0 unspecified atom stereocenters. The van der Waals surface area contributed by atoms with Crippen molar-refractivity contribution in [1.29, 1.82) is 0 Å². The third-order valence-electron chi connectivity index (χ3n) is 2.89. The summed E-state index contributed by atoms with van der Waals surface area (Å²) in [6.07, 6.45) is 3.32. The lowest BCUT2D eigenvalue weighted by Crippen LogP contribution is -2.18. The van der Waals surface area contributed by atoms with Crippen LogP contribution in [0.2, 0.25) is 0 Å². The number of nitrogens with zero attached hydrogens (tertiary/aromatic N) is 1. The van der Waals surface area contributed by atoms with Crippen molar-refractivity contribution < 1.29 is 19.4 Å². The minimum Gasteiger partial charge on any atom is -0.486 e. The number of hydrogen-bond acceptors (Lipinski definition) is 4. The maximum Gasteiger partial charge on any atom is 0.339 e. The van der Waals surface area contributed by atoms with Gasteiger partial charge in [-0.25, -0.2) is 4.79 Å². The topological polar surface area (TPSA) is 68.7 Å². The fourth-order valence-corrected chi connectivity index (χ4v) is 2.02. The van der Waals surface area contributed by atoms with E-state index in [0.717, 1.165) is 11.1 Å². The first-order valence-corrected chi connectivity index (χ1v) is 5.83. The van der Waals surface area contributed by atoms with E-state index in [1.54, 1.807) is 24.5 Å². The molecule has 0 atom stereocenters. The third kappa shape index (κ3) is 2.10. The van der Waals surface area contributed by atoms with Crippen molar-refractivity contribution in [3.8, 4) is 22.6 Å². The summed E-state index contributed by atoms with van der Waals surface area (Å²) in [5.74, 6) is -0.257. The zero-order valence-electron chi connectivity index (χ0n) is 10.00. The van der Waals surface area contributed by atoms with E-state index in [-0.39, 0.29) is 5.56 Å². The van der Waals surface area contributed by atoms with Gasteiger partial charge in [0, 0.05) is 12.4 Å². The molecule has 1 N–H and O–H groups in total. The first kappa shape index (κ1) is 11.5. The van der Waals surface area contributed by atoms with Crippen LogP contribution in [0.4, 0.5) is 0 Å². The van der Waals surface area contributed by atoms with E-state index in [0.29, 0.717) is 24.7 Å². The Bertz CT molecular complexity index is 625. The van der Waals surface area contributed by atoms with E-state index < -0.39 is 5.97 Å². The van der Waals surface area contributed by atoms with Gasteiger partial charge in [-0.15, -0.1) is 0 Å². The highest BCUT2D eigenvalue weighted by Crippen LogP contribution is 2.38. The van der Waals surface area contributed by atoms with Gasteiger partial charge in [0.25, 0.3) is 0 Å². The second-order valence-corrected chi connectivity index (χ2v) is 4.09. The summed E-state index contributed by atoms with van der Waals surface area (Å²) in [7, 11) is 0. The zero-order chi connectivity index (χ0) is 13.2. The van der Waals surface area contributed by atoms with Crippen LogP contribution in [0.3, 0.4) is 0 Å². The van der Waals surface area contributed by atoms with Gasteiger partial charge in [0.15, 0.2) is 11.5 Å². The van der Waals surface area contributed by atoms with Gasteiger partial charge in [-0.1, -0.05) is 0 Å². The Kier molecular flexibility index (Phi) is 2.79.